The first-order valence-corrected chi connectivity index (χ1v) is 2.68. The third-order valence-corrected chi connectivity index (χ3v) is 1.06. The molecule has 9 heavy (non-hydrogen) atoms. The maximum absolute atomic E-state index is 12.5. The number of rotatable bonds is 1. The molecular formula is C7H7FN. The molecule has 1 rings (SSSR count). The SMILES string of the molecule is CNc1[c]cccc1F. The maximum atomic E-state index is 12.5. The lowest BCUT2D eigenvalue weighted by atomic mass is 10.3. The summed E-state index contributed by atoms with van der Waals surface area (Å²) in [5, 5.41) is 2.66. The molecule has 0 atom stereocenters. The first-order valence-electron chi connectivity index (χ1n) is 2.68. The zero-order valence-corrected chi connectivity index (χ0v) is 5.11. The van der Waals surface area contributed by atoms with Crippen molar-refractivity contribution in [3.63, 3.8) is 0 Å². The van der Waals surface area contributed by atoms with E-state index in [1.807, 2.05) is 0 Å². The van der Waals surface area contributed by atoms with Crippen molar-refractivity contribution in [3.8, 4) is 0 Å². The summed E-state index contributed by atoms with van der Waals surface area (Å²) in [5.74, 6) is -0.264. The topological polar surface area (TPSA) is 12.0 Å². The van der Waals surface area contributed by atoms with E-state index < -0.39 is 0 Å². The van der Waals surface area contributed by atoms with Gasteiger partial charge in [0, 0.05) is 13.1 Å². The van der Waals surface area contributed by atoms with Crippen molar-refractivity contribution < 1.29 is 4.39 Å². The molecule has 0 amide bonds. The lowest BCUT2D eigenvalue weighted by Gasteiger charge is -1.97. The Kier molecular flexibility index (Phi) is 1.68. The second-order valence-corrected chi connectivity index (χ2v) is 1.64. The molecule has 0 unspecified atom stereocenters. The fourth-order valence-electron chi connectivity index (χ4n) is 0.608. The summed E-state index contributed by atoms with van der Waals surface area (Å²) in [5.41, 5.74) is 0.414. The molecule has 0 spiro atoms. The fourth-order valence-corrected chi connectivity index (χ4v) is 0.608. The highest BCUT2D eigenvalue weighted by Gasteiger charge is 1.93. The van der Waals surface area contributed by atoms with Gasteiger partial charge in [-0.2, -0.15) is 0 Å². The van der Waals surface area contributed by atoms with Crippen LogP contribution < -0.4 is 5.32 Å². The molecule has 0 aliphatic carbocycles. The Hall–Kier alpha value is -1.05. The highest BCUT2D eigenvalue weighted by Crippen LogP contribution is 2.09. The van der Waals surface area contributed by atoms with Crippen molar-refractivity contribution in [2.75, 3.05) is 12.4 Å². The van der Waals surface area contributed by atoms with E-state index in [2.05, 4.69) is 11.4 Å². The maximum Gasteiger partial charge on any atom is 0.146 e. The van der Waals surface area contributed by atoms with Crippen LogP contribution in [-0.2, 0) is 0 Å². The minimum atomic E-state index is -0.264. The molecule has 2 heteroatoms. The van der Waals surface area contributed by atoms with Gasteiger partial charge in [0.1, 0.15) is 5.82 Å². The van der Waals surface area contributed by atoms with E-state index in [-0.39, 0.29) is 5.82 Å². The van der Waals surface area contributed by atoms with E-state index in [0.717, 1.165) is 0 Å². The average Bonchev–Trinajstić information content (AvgIpc) is 1.89. The highest BCUT2D eigenvalue weighted by atomic mass is 19.1. The lowest BCUT2D eigenvalue weighted by Crippen LogP contribution is -1.90. The summed E-state index contributed by atoms with van der Waals surface area (Å²) in [6, 6.07) is 7.36. The molecule has 0 saturated heterocycles. The summed E-state index contributed by atoms with van der Waals surface area (Å²) in [6.45, 7) is 0. The Morgan fingerprint density at radius 3 is 2.89 bits per heavy atom. The smallest absolute Gasteiger partial charge is 0.146 e. The summed E-state index contributed by atoms with van der Waals surface area (Å²) < 4.78 is 12.5. The van der Waals surface area contributed by atoms with Crippen LogP contribution in [0.1, 0.15) is 0 Å². The predicted molar refractivity (Wildman–Crippen MR) is 34.8 cm³/mol. The van der Waals surface area contributed by atoms with Gasteiger partial charge in [0.25, 0.3) is 0 Å². The molecule has 0 fully saturated rings. The predicted octanol–water partition coefficient (Wildman–Crippen LogP) is 1.67. The van der Waals surface area contributed by atoms with Gasteiger partial charge in [-0.15, -0.1) is 0 Å². The summed E-state index contributed by atoms with van der Waals surface area (Å²) >= 11 is 0. The second kappa shape index (κ2) is 2.49. The molecule has 0 aromatic heterocycles. The molecule has 1 nitrogen and oxygen atoms in total. The van der Waals surface area contributed by atoms with E-state index in [1.165, 1.54) is 6.07 Å². The van der Waals surface area contributed by atoms with Crippen LogP contribution in [0.4, 0.5) is 10.1 Å². The van der Waals surface area contributed by atoms with E-state index in [1.54, 1.807) is 19.2 Å². The number of anilines is 1. The molecule has 1 radical (unpaired) electrons. The van der Waals surface area contributed by atoms with E-state index in [9.17, 15) is 4.39 Å². The minimum Gasteiger partial charge on any atom is -0.385 e. The number of benzene rings is 1. The van der Waals surface area contributed by atoms with E-state index >= 15 is 0 Å². The Balaban J connectivity index is 3.01. The van der Waals surface area contributed by atoms with Crippen molar-refractivity contribution in [1.29, 1.82) is 0 Å². The van der Waals surface area contributed by atoms with Gasteiger partial charge < -0.3 is 5.32 Å². The van der Waals surface area contributed by atoms with Gasteiger partial charge >= 0.3 is 0 Å². The van der Waals surface area contributed by atoms with Gasteiger partial charge in [0.2, 0.25) is 0 Å². The molecule has 0 aliphatic rings. The second-order valence-electron chi connectivity index (χ2n) is 1.64. The molecule has 47 valence electrons. The lowest BCUT2D eigenvalue weighted by molar-refractivity contribution is 0.631. The summed E-state index contributed by atoms with van der Waals surface area (Å²) in [7, 11) is 1.66. The Morgan fingerprint density at radius 2 is 2.44 bits per heavy atom. The minimum absolute atomic E-state index is 0.264. The zero-order valence-electron chi connectivity index (χ0n) is 5.11. The van der Waals surface area contributed by atoms with E-state index in [4.69, 9.17) is 0 Å². The number of hydrogen-bond acceptors (Lipinski definition) is 1. The summed E-state index contributed by atoms with van der Waals surface area (Å²) in [4.78, 5) is 0. The van der Waals surface area contributed by atoms with Gasteiger partial charge in [-0.05, 0) is 6.07 Å². The van der Waals surface area contributed by atoms with Crippen LogP contribution in [0, 0.1) is 11.9 Å². The van der Waals surface area contributed by atoms with Crippen LogP contribution in [0.15, 0.2) is 18.2 Å². The fraction of sp³-hybridized carbons (Fsp3) is 0.143. The molecule has 0 aliphatic heterocycles. The van der Waals surface area contributed by atoms with Crippen LogP contribution >= 0.6 is 0 Å². The number of para-hydroxylation sites is 1. The van der Waals surface area contributed by atoms with Crippen LogP contribution in [0.3, 0.4) is 0 Å². The van der Waals surface area contributed by atoms with Gasteiger partial charge in [-0.25, -0.2) is 4.39 Å². The Labute approximate surface area is 53.5 Å². The van der Waals surface area contributed by atoms with Crippen LogP contribution in [-0.4, -0.2) is 7.05 Å². The van der Waals surface area contributed by atoms with E-state index in [0.29, 0.717) is 5.69 Å². The molecule has 1 aromatic carbocycles. The Bertz CT molecular complexity index is 198. The largest absolute Gasteiger partial charge is 0.385 e. The van der Waals surface area contributed by atoms with Crippen molar-refractivity contribution >= 4 is 5.69 Å². The molecule has 0 saturated carbocycles. The van der Waals surface area contributed by atoms with Gasteiger partial charge in [-0.3, -0.25) is 0 Å². The Morgan fingerprint density at radius 1 is 1.67 bits per heavy atom. The van der Waals surface area contributed by atoms with Gasteiger partial charge in [-0.1, -0.05) is 12.1 Å². The number of nitrogens with one attached hydrogen (secondary N) is 1. The van der Waals surface area contributed by atoms with Crippen LogP contribution in [0.2, 0.25) is 0 Å². The molecule has 1 aromatic rings. The zero-order chi connectivity index (χ0) is 6.69. The van der Waals surface area contributed by atoms with Crippen LogP contribution in [0.25, 0.3) is 0 Å². The number of halogens is 1. The molecule has 0 bridgehead atoms. The monoisotopic (exact) mass is 124 g/mol. The molecule has 0 heterocycles. The quantitative estimate of drug-likeness (QED) is 0.600. The van der Waals surface area contributed by atoms with Crippen molar-refractivity contribution in [1.82, 2.24) is 0 Å². The van der Waals surface area contributed by atoms with Crippen molar-refractivity contribution in [2.24, 2.45) is 0 Å². The summed E-state index contributed by atoms with van der Waals surface area (Å²) in [6.07, 6.45) is 0. The van der Waals surface area contributed by atoms with Crippen molar-refractivity contribution in [3.05, 3.63) is 30.1 Å². The van der Waals surface area contributed by atoms with Gasteiger partial charge in [0.05, 0.1) is 5.69 Å². The standard InChI is InChI=1S/C7H7FN/c1-9-7-5-3-2-4-6(7)8/h2-4,9H,1H3. The third-order valence-electron chi connectivity index (χ3n) is 1.06. The van der Waals surface area contributed by atoms with Gasteiger partial charge in [0.15, 0.2) is 0 Å². The first kappa shape index (κ1) is 6.08. The molecule has 1 N–H and O–H groups in total. The number of hydrogen-bond donors (Lipinski definition) is 1. The first-order chi connectivity index (χ1) is 4.34. The van der Waals surface area contributed by atoms with Crippen molar-refractivity contribution in [2.45, 2.75) is 0 Å². The highest BCUT2D eigenvalue weighted by molar-refractivity contribution is 5.41. The van der Waals surface area contributed by atoms with Crippen LogP contribution in [0.5, 0.6) is 0 Å². The normalized spacial score (nSPS) is 9.11. The average molecular weight is 124 g/mol. The third kappa shape index (κ3) is 1.19. The molecular weight excluding hydrogens is 117 g/mol.